The van der Waals surface area contributed by atoms with Crippen molar-refractivity contribution in [1.82, 2.24) is 10.2 Å². The molecular formula is C13H15Cl2N3. The Labute approximate surface area is 117 Å². The third-order valence-electron chi connectivity index (χ3n) is 2.30. The van der Waals surface area contributed by atoms with Crippen molar-refractivity contribution in [3.8, 4) is 11.3 Å². The minimum Gasteiger partial charge on any atom is -0.364 e. The third-order valence-corrected chi connectivity index (χ3v) is 2.86. The summed E-state index contributed by atoms with van der Waals surface area (Å²) in [5.41, 5.74) is 1.65. The molecule has 0 radical (unpaired) electrons. The average Bonchev–Trinajstić information content (AvgIpc) is 2.67. The Balaban J connectivity index is 2.32. The molecule has 18 heavy (non-hydrogen) atoms. The van der Waals surface area contributed by atoms with Crippen LogP contribution in [-0.4, -0.2) is 15.7 Å². The number of hydrogen-bond donors (Lipinski definition) is 2. The van der Waals surface area contributed by atoms with Crippen molar-refractivity contribution in [3.63, 3.8) is 0 Å². The molecule has 0 aliphatic rings. The number of H-pyrrole nitrogens is 1. The molecule has 0 spiro atoms. The van der Waals surface area contributed by atoms with Crippen LogP contribution in [0.15, 0.2) is 24.3 Å². The first-order chi connectivity index (χ1) is 8.35. The van der Waals surface area contributed by atoms with Crippen molar-refractivity contribution >= 4 is 29.0 Å². The van der Waals surface area contributed by atoms with Crippen LogP contribution < -0.4 is 5.32 Å². The van der Waals surface area contributed by atoms with Crippen molar-refractivity contribution < 1.29 is 0 Å². The highest BCUT2D eigenvalue weighted by Gasteiger charge is 2.13. The summed E-state index contributed by atoms with van der Waals surface area (Å²) in [5, 5.41) is 11.7. The average molecular weight is 284 g/mol. The van der Waals surface area contributed by atoms with Gasteiger partial charge in [0, 0.05) is 22.2 Å². The minimum absolute atomic E-state index is 0.0371. The lowest BCUT2D eigenvalue weighted by Gasteiger charge is -2.19. The number of aromatic amines is 1. The van der Waals surface area contributed by atoms with E-state index in [1.54, 1.807) is 12.1 Å². The van der Waals surface area contributed by atoms with E-state index >= 15 is 0 Å². The zero-order valence-electron chi connectivity index (χ0n) is 10.5. The van der Waals surface area contributed by atoms with Gasteiger partial charge in [-0.1, -0.05) is 23.2 Å². The molecule has 0 bridgehead atoms. The van der Waals surface area contributed by atoms with E-state index in [0.717, 1.165) is 17.1 Å². The highest BCUT2D eigenvalue weighted by atomic mass is 35.5. The number of rotatable bonds is 2. The molecular weight excluding hydrogens is 269 g/mol. The molecule has 1 heterocycles. The van der Waals surface area contributed by atoms with Crippen LogP contribution in [0.4, 0.5) is 5.82 Å². The van der Waals surface area contributed by atoms with E-state index in [2.05, 4.69) is 36.3 Å². The molecule has 0 unspecified atom stereocenters. The zero-order chi connectivity index (χ0) is 13.3. The third kappa shape index (κ3) is 3.18. The zero-order valence-corrected chi connectivity index (χ0v) is 12.0. The lowest BCUT2D eigenvalue weighted by atomic mass is 10.1. The molecule has 1 aromatic carbocycles. The second-order valence-corrected chi connectivity index (χ2v) is 6.01. The fraction of sp³-hybridized carbons (Fsp3) is 0.308. The van der Waals surface area contributed by atoms with Gasteiger partial charge < -0.3 is 5.32 Å². The Hall–Kier alpha value is -1.19. The van der Waals surface area contributed by atoms with E-state index in [1.807, 2.05) is 12.1 Å². The summed E-state index contributed by atoms with van der Waals surface area (Å²) in [5.74, 6) is 0.786. The molecule has 0 aliphatic carbocycles. The summed E-state index contributed by atoms with van der Waals surface area (Å²) < 4.78 is 0. The van der Waals surface area contributed by atoms with Crippen LogP contribution in [0.2, 0.25) is 10.0 Å². The van der Waals surface area contributed by atoms with Gasteiger partial charge in [-0.2, -0.15) is 5.10 Å². The Morgan fingerprint density at radius 2 is 1.89 bits per heavy atom. The van der Waals surface area contributed by atoms with Gasteiger partial charge in [0.1, 0.15) is 5.82 Å². The topological polar surface area (TPSA) is 40.7 Å². The molecule has 2 N–H and O–H groups in total. The molecule has 0 fully saturated rings. The largest absolute Gasteiger partial charge is 0.364 e. The molecule has 2 aromatic rings. The van der Waals surface area contributed by atoms with Gasteiger partial charge in [0.15, 0.2) is 0 Å². The van der Waals surface area contributed by atoms with Crippen molar-refractivity contribution in [2.45, 2.75) is 26.3 Å². The van der Waals surface area contributed by atoms with Crippen molar-refractivity contribution in [2.24, 2.45) is 0 Å². The number of benzene rings is 1. The monoisotopic (exact) mass is 283 g/mol. The summed E-state index contributed by atoms with van der Waals surface area (Å²) in [6.07, 6.45) is 0. The van der Waals surface area contributed by atoms with Gasteiger partial charge >= 0.3 is 0 Å². The Morgan fingerprint density at radius 3 is 2.56 bits per heavy atom. The van der Waals surface area contributed by atoms with Crippen LogP contribution in [0.3, 0.4) is 0 Å². The van der Waals surface area contributed by atoms with Crippen LogP contribution in [0.25, 0.3) is 11.3 Å². The normalized spacial score (nSPS) is 11.6. The van der Waals surface area contributed by atoms with Gasteiger partial charge in [-0.05, 0) is 39.0 Å². The summed E-state index contributed by atoms with van der Waals surface area (Å²) in [6, 6.07) is 7.27. The Bertz CT molecular complexity index is 556. The summed E-state index contributed by atoms with van der Waals surface area (Å²) >= 11 is 12.1. The minimum atomic E-state index is -0.0371. The Morgan fingerprint density at radius 1 is 1.17 bits per heavy atom. The molecule has 0 amide bonds. The summed E-state index contributed by atoms with van der Waals surface area (Å²) in [4.78, 5) is 0. The van der Waals surface area contributed by atoms with Gasteiger partial charge in [-0.15, -0.1) is 0 Å². The molecule has 0 saturated heterocycles. The maximum atomic E-state index is 6.15. The molecule has 1 aromatic heterocycles. The van der Waals surface area contributed by atoms with Crippen molar-refractivity contribution in [1.29, 1.82) is 0 Å². The lowest BCUT2D eigenvalue weighted by Crippen LogP contribution is -2.26. The highest BCUT2D eigenvalue weighted by Crippen LogP contribution is 2.30. The van der Waals surface area contributed by atoms with Gasteiger partial charge in [0.25, 0.3) is 0 Å². The quantitative estimate of drug-likeness (QED) is 0.846. The second kappa shape index (κ2) is 4.82. The van der Waals surface area contributed by atoms with Crippen LogP contribution in [0.5, 0.6) is 0 Å². The Kier molecular flexibility index (Phi) is 3.55. The van der Waals surface area contributed by atoms with E-state index in [4.69, 9.17) is 23.2 Å². The maximum Gasteiger partial charge on any atom is 0.148 e. The molecule has 5 heteroatoms. The fourth-order valence-corrected chi connectivity index (χ4v) is 2.00. The van der Waals surface area contributed by atoms with Crippen molar-refractivity contribution in [3.05, 3.63) is 34.3 Å². The predicted molar refractivity (Wildman–Crippen MR) is 77.4 cm³/mol. The molecule has 96 valence electrons. The van der Waals surface area contributed by atoms with Crippen LogP contribution >= 0.6 is 23.2 Å². The number of anilines is 1. The van der Waals surface area contributed by atoms with Gasteiger partial charge in [-0.3, -0.25) is 5.10 Å². The number of halogens is 2. The van der Waals surface area contributed by atoms with Gasteiger partial charge in [-0.25, -0.2) is 0 Å². The van der Waals surface area contributed by atoms with E-state index in [-0.39, 0.29) is 5.54 Å². The highest BCUT2D eigenvalue weighted by molar-refractivity contribution is 6.35. The smallest absolute Gasteiger partial charge is 0.148 e. The fourth-order valence-electron chi connectivity index (χ4n) is 1.61. The van der Waals surface area contributed by atoms with Crippen LogP contribution in [-0.2, 0) is 0 Å². The van der Waals surface area contributed by atoms with Gasteiger partial charge in [0.2, 0.25) is 0 Å². The van der Waals surface area contributed by atoms with E-state index < -0.39 is 0 Å². The molecule has 0 atom stereocenters. The lowest BCUT2D eigenvalue weighted by molar-refractivity contribution is 0.630. The number of aromatic nitrogens is 2. The SMILES string of the molecule is CC(C)(C)Nc1cc(-c2cc(Cl)ccc2Cl)[nH]n1. The first-order valence-corrected chi connectivity index (χ1v) is 6.40. The summed E-state index contributed by atoms with van der Waals surface area (Å²) in [7, 11) is 0. The van der Waals surface area contributed by atoms with E-state index in [9.17, 15) is 0 Å². The summed E-state index contributed by atoms with van der Waals surface area (Å²) in [6.45, 7) is 6.23. The first kappa shape index (κ1) is 13.2. The first-order valence-electron chi connectivity index (χ1n) is 5.64. The van der Waals surface area contributed by atoms with Crippen molar-refractivity contribution in [2.75, 3.05) is 5.32 Å². The predicted octanol–water partition coefficient (Wildman–Crippen LogP) is 4.59. The van der Waals surface area contributed by atoms with E-state index in [1.165, 1.54) is 0 Å². The molecule has 3 nitrogen and oxygen atoms in total. The van der Waals surface area contributed by atoms with Crippen LogP contribution in [0, 0.1) is 0 Å². The number of nitrogens with zero attached hydrogens (tertiary/aromatic N) is 1. The second-order valence-electron chi connectivity index (χ2n) is 5.17. The van der Waals surface area contributed by atoms with E-state index in [0.29, 0.717) is 10.0 Å². The number of nitrogens with one attached hydrogen (secondary N) is 2. The van der Waals surface area contributed by atoms with Crippen LogP contribution in [0.1, 0.15) is 20.8 Å². The maximum absolute atomic E-state index is 6.15. The molecule has 0 aliphatic heterocycles. The standard InChI is InChI=1S/C13H15Cl2N3/c1-13(2,3)16-12-7-11(17-18-12)9-6-8(14)4-5-10(9)15/h4-7H,1-3H3,(H2,16,17,18). The molecule has 0 saturated carbocycles. The number of hydrogen-bond acceptors (Lipinski definition) is 2. The van der Waals surface area contributed by atoms with Gasteiger partial charge in [0.05, 0.1) is 10.7 Å². The molecule has 2 rings (SSSR count).